The second-order valence-corrected chi connectivity index (χ2v) is 5.28. The van der Waals surface area contributed by atoms with E-state index in [2.05, 4.69) is 0 Å². The third-order valence-corrected chi connectivity index (χ3v) is 2.56. The van der Waals surface area contributed by atoms with Crippen LogP contribution in [0, 0.1) is 0 Å². The second kappa shape index (κ2) is 3.88. The first kappa shape index (κ1) is 10.8. The van der Waals surface area contributed by atoms with Gasteiger partial charge in [0.1, 0.15) is 5.75 Å². The maximum Gasteiger partial charge on any atom is 0.151 e. The van der Waals surface area contributed by atoms with Gasteiger partial charge in [0.25, 0.3) is 0 Å². The van der Waals surface area contributed by atoms with Crippen LogP contribution in [0.3, 0.4) is 0 Å². The van der Waals surface area contributed by atoms with E-state index in [9.17, 15) is 8.42 Å². The number of anilines is 1. The molecular formula is C9H13NO3S. The lowest BCUT2D eigenvalue weighted by atomic mass is 10.2. The third-order valence-electron chi connectivity index (χ3n) is 1.73. The summed E-state index contributed by atoms with van der Waals surface area (Å²) in [5, 5.41) is 0. The number of hydrogen-bond acceptors (Lipinski definition) is 4. The Bertz CT molecular complexity index is 426. The maximum absolute atomic E-state index is 11.1. The third kappa shape index (κ3) is 2.92. The van der Waals surface area contributed by atoms with Crippen molar-refractivity contribution in [2.24, 2.45) is 0 Å². The molecule has 0 aliphatic heterocycles. The van der Waals surface area contributed by atoms with E-state index < -0.39 is 9.84 Å². The molecule has 0 saturated carbocycles. The first-order chi connectivity index (χ1) is 6.42. The van der Waals surface area contributed by atoms with Crippen LogP contribution in [0.4, 0.5) is 5.69 Å². The zero-order chi connectivity index (χ0) is 10.8. The SMILES string of the molecule is COc1cc(N)ccc1CS(C)(=O)=O. The lowest BCUT2D eigenvalue weighted by Gasteiger charge is -2.07. The summed E-state index contributed by atoms with van der Waals surface area (Å²) in [6.07, 6.45) is 1.18. The molecule has 0 aliphatic carbocycles. The van der Waals surface area contributed by atoms with Gasteiger partial charge in [0, 0.05) is 23.6 Å². The number of nitrogen functional groups attached to an aromatic ring is 1. The van der Waals surface area contributed by atoms with Crippen molar-refractivity contribution in [1.29, 1.82) is 0 Å². The van der Waals surface area contributed by atoms with E-state index in [1.165, 1.54) is 13.4 Å². The highest BCUT2D eigenvalue weighted by Crippen LogP contribution is 2.22. The summed E-state index contributed by atoms with van der Waals surface area (Å²) >= 11 is 0. The number of hydrogen-bond donors (Lipinski definition) is 1. The minimum Gasteiger partial charge on any atom is -0.496 e. The van der Waals surface area contributed by atoms with Crippen LogP contribution >= 0.6 is 0 Å². The normalized spacial score (nSPS) is 11.3. The summed E-state index contributed by atoms with van der Waals surface area (Å²) in [5.41, 5.74) is 6.72. The lowest BCUT2D eigenvalue weighted by Crippen LogP contribution is -2.03. The molecule has 0 spiro atoms. The molecule has 0 aliphatic rings. The summed E-state index contributed by atoms with van der Waals surface area (Å²) in [6.45, 7) is 0. The topological polar surface area (TPSA) is 69.4 Å². The zero-order valence-corrected chi connectivity index (χ0v) is 8.97. The molecule has 0 saturated heterocycles. The van der Waals surface area contributed by atoms with Gasteiger partial charge in [0.2, 0.25) is 0 Å². The smallest absolute Gasteiger partial charge is 0.151 e. The molecule has 78 valence electrons. The molecule has 0 fully saturated rings. The van der Waals surface area contributed by atoms with Crippen LogP contribution in [0.15, 0.2) is 18.2 Å². The van der Waals surface area contributed by atoms with Gasteiger partial charge in [0.15, 0.2) is 9.84 Å². The van der Waals surface area contributed by atoms with Crippen molar-refractivity contribution in [3.63, 3.8) is 0 Å². The molecule has 5 heteroatoms. The molecule has 0 atom stereocenters. The van der Waals surface area contributed by atoms with Gasteiger partial charge in [-0.25, -0.2) is 8.42 Å². The number of sulfone groups is 1. The van der Waals surface area contributed by atoms with Crippen molar-refractivity contribution in [3.8, 4) is 5.75 Å². The second-order valence-electron chi connectivity index (χ2n) is 3.14. The Morgan fingerprint density at radius 1 is 1.43 bits per heavy atom. The monoisotopic (exact) mass is 215 g/mol. The van der Waals surface area contributed by atoms with Crippen LogP contribution in [0.2, 0.25) is 0 Å². The van der Waals surface area contributed by atoms with Crippen molar-refractivity contribution < 1.29 is 13.2 Å². The van der Waals surface area contributed by atoms with E-state index in [1.807, 2.05) is 0 Å². The van der Waals surface area contributed by atoms with E-state index in [4.69, 9.17) is 10.5 Å². The molecular weight excluding hydrogens is 202 g/mol. The molecule has 0 bridgehead atoms. The van der Waals surface area contributed by atoms with Gasteiger partial charge in [-0.05, 0) is 6.07 Å². The zero-order valence-electron chi connectivity index (χ0n) is 8.15. The van der Waals surface area contributed by atoms with Crippen molar-refractivity contribution in [1.82, 2.24) is 0 Å². The largest absolute Gasteiger partial charge is 0.496 e. The van der Waals surface area contributed by atoms with E-state index in [0.717, 1.165) is 0 Å². The van der Waals surface area contributed by atoms with Crippen molar-refractivity contribution in [3.05, 3.63) is 23.8 Å². The van der Waals surface area contributed by atoms with Crippen LogP contribution in [-0.4, -0.2) is 21.8 Å². The van der Waals surface area contributed by atoms with Crippen molar-refractivity contribution in [2.75, 3.05) is 19.1 Å². The summed E-state index contributed by atoms with van der Waals surface area (Å²) in [5.74, 6) is 0.478. The fourth-order valence-corrected chi connectivity index (χ4v) is 1.97. The predicted molar refractivity (Wildman–Crippen MR) is 56.0 cm³/mol. The number of benzene rings is 1. The summed E-state index contributed by atoms with van der Waals surface area (Å²) in [6, 6.07) is 4.93. The molecule has 1 aromatic rings. The molecule has 4 nitrogen and oxygen atoms in total. The van der Waals surface area contributed by atoms with Crippen LogP contribution < -0.4 is 10.5 Å². The minimum absolute atomic E-state index is 0.0313. The average molecular weight is 215 g/mol. The Kier molecular flexibility index (Phi) is 3.00. The van der Waals surface area contributed by atoms with Crippen molar-refractivity contribution in [2.45, 2.75) is 5.75 Å². The van der Waals surface area contributed by atoms with Crippen LogP contribution in [0.5, 0.6) is 5.75 Å². The van der Waals surface area contributed by atoms with Crippen LogP contribution in [-0.2, 0) is 15.6 Å². The highest BCUT2D eigenvalue weighted by atomic mass is 32.2. The fraction of sp³-hybridized carbons (Fsp3) is 0.333. The highest BCUT2D eigenvalue weighted by molar-refractivity contribution is 7.89. The van der Waals surface area contributed by atoms with Gasteiger partial charge in [-0.1, -0.05) is 6.07 Å². The van der Waals surface area contributed by atoms with Gasteiger partial charge in [-0.15, -0.1) is 0 Å². The summed E-state index contributed by atoms with van der Waals surface area (Å²) < 4.78 is 27.2. The van der Waals surface area contributed by atoms with E-state index in [-0.39, 0.29) is 5.75 Å². The van der Waals surface area contributed by atoms with Crippen LogP contribution in [0.1, 0.15) is 5.56 Å². The fourth-order valence-electron chi connectivity index (χ4n) is 1.16. The molecule has 0 aromatic heterocycles. The number of methoxy groups -OCH3 is 1. The summed E-state index contributed by atoms with van der Waals surface area (Å²) in [4.78, 5) is 0. The number of ether oxygens (including phenoxy) is 1. The van der Waals surface area contributed by atoms with Crippen LogP contribution in [0.25, 0.3) is 0 Å². The average Bonchev–Trinajstić information content (AvgIpc) is 2.06. The molecule has 1 aromatic carbocycles. The Morgan fingerprint density at radius 2 is 2.07 bits per heavy atom. The van der Waals surface area contributed by atoms with E-state index >= 15 is 0 Å². The maximum atomic E-state index is 11.1. The molecule has 0 radical (unpaired) electrons. The van der Waals surface area contributed by atoms with Gasteiger partial charge in [-0.2, -0.15) is 0 Å². The molecule has 0 unspecified atom stereocenters. The first-order valence-electron chi connectivity index (χ1n) is 4.02. The predicted octanol–water partition coefficient (Wildman–Crippen LogP) is 0.822. The number of rotatable bonds is 3. The molecule has 2 N–H and O–H groups in total. The Morgan fingerprint density at radius 3 is 2.57 bits per heavy atom. The van der Waals surface area contributed by atoms with Gasteiger partial charge >= 0.3 is 0 Å². The number of nitrogens with two attached hydrogens (primary N) is 1. The van der Waals surface area contributed by atoms with Gasteiger partial charge in [0.05, 0.1) is 12.9 Å². The van der Waals surface area contributed by atoms with E-state index in [1.54, 1.807) is 18.2 Å². The Balaban J connectivity index is 3.09. The highest BCUT2D eigenvalue weighted by Gasteiger charge is 2.09. The molecule has 14 heavy (non-hydrogen) atoms. The Hall–Kier alpha value is -1.23. The Labute approximate surface area is 83.6 Å². The summed E-state index contributed by atoms with van der Waals surface area (Å²) in [7, 11) is -1.56. The first-order valence-corrected chi connectivity index (χ1v) is 6.08. The standard InChI is InChI=1S/C9H13NO3S/c1-13-9-5-8(10)4-3-7(9)6-14(2,11)12/h3-5H,6,10H2,1-2H3. The minimum atomic E-state index is -3.04. The van der Waals surface area contributed by atoms with Crippen molar-refractivity contribution >= 4 is 15.5 Å². The molecule has 1 rings (SSSR count). The lowest BCUT2D eigenvalue weighted by molar-refractivity contribution is 0.411. The molecule has 0 heterocycles. The van der Waals surface area contributed by atoms with Gasteiger partial charge in [-0.3, -0.25) is 0 Å². The van der Waals surface area contributed by atoms with E-state index in [0.29, 0.717) is 17.0 Å². The quantitative estimate of drug-likeness (QED) is 0.758. The van der Waals surface area contributed by atoms with Gasteiger partial charge < -0.3 is 10.5 Å². The molecule has 0 amide bonds.